The van der Waals surface area contributed by atoms with Gasteiger partial charge >= 0.3 is 0 Å². The normalized spacial score (nSPS) is 16.8. The zero-order valence-corrected chi connectivity index (χ0v) is 19.1. The molecule has 3 nitrogen and oxygen atoms in total. The summed E-state index contributed by atoms with van der Waals surface area (Å²) >= 11 is 12.2. The third-order valence-electron chi connectivity index (χ3n) is 5.79. The van der Waals surface area contributed by atoms with Crippen LogP contribution >= 0.6 is 23.2 Å². The van der Waals surface area contributed by atoms with Crippen LogP contribution in [0, 0.1) is 6.92 Å². The minimum Gasteiger partial charge on any atom is -0.348 e. The topological polar surface area (TPSA) is 32.3 Å². The molecule has 0 saturated carbocycles. The molecule has 1 saturated heterocycles. The lowest BCUT2D eigenvalue weighted by molar-refractivity contribution is 0.0901. The van der Waals surface area contributed by atoms with Crippen LogP contribution in [0.3, 0.4) is 0 Å². The second-order valence-electron chi connectivity index (χ2n) is 8.22. The van der Waals surface area contributed by atoms with Gasteiger partial charge in [-0.05, 0) is 85.0 Å². The van der Waals surface area contributed by atoms with E-state index in [0.717, 1.165) is 48.6 Å². The summed E-state index contributed by atoms with van der Waals surface area (Å²) in [5, 5.41) is 4.61. The van der Waals surface area contributed by atoms with Crippen molar-refractivity contribution in [2.75, 3.05) is 13.1 Å². The first-order chi connectivity index (χ1) is 15.0. The Balaban J connectivity index is 1.39. The Kier molecular flexibility index (Phi) is 6.96. The zero-order chi connectivity index (χ0) is 21.8. The van der Waals surface area contributed by atoms with Crippen molar-refractivity contribution in [3.05, 3.63) is 93.5 Å². The number of carbonyl (C=O) groups excluding carboxylic acids is 1. The van der Waals surface area contributed by atoms with Crippen LogP contribution in [-0.4, -0.2) is 29.9 Å². The molecular weight excluding hydrogens is 427 g/mol. The van der Waals surface area contributed by atoms with E-state index in [4.69, 9.17) is 23.2 Å². The number of hydrogen-bond acceptors (Lipinski definition) is 2. The first-order valence-electron chi connectivity index (χ1n) is 10.6. The van der Waals surface area contributed by atoms with Crippen molar-refractivity contribution in [1.29, 1.82) is 0 Å². The number of aryl methyl sites for hydroxylation is 1. The molecule has 1 unspecified atom stereocenters. The molecule has 31 heavy (non-hydrogen) atoms. The standard InChI is InChI=1S/C26H26Cl2N2O/c1-18-7-8-22(15-25(18)28)21-5-2-4-19(14-21)16-30-13-3-6-24(17-30)29-26(31)20-9-11-23(27)12-10-20/h2,4-5,7-12,14-15,24H,3,6,13,16-17H2,1H3,(H,29,31). The fourth-order valence-electron chi connectivity index (χ4n) is 4.07. The fourth-order valence-corrected chi connectivity index (χ4v) is 4.37. The molecule has 1 N–H and O–H groups in total. The minimum absolute atomic E-state index is 0.0400. The summed E-state index contributed by atoms with van der Waals surface area (Å²) in [5.74, 6) is -0.0400. The molecule has 0 aromatic heterocycles. The molecule has 1 aliphatic rings. The summed E-state index contributed by atoms with van der Waals surface area (Å²) in [6.45, 7) is 4.76. The van der Waals surface area contributed by atoms with E-state index < -0.39 is 0 Å². The molecule has 1 amide bonds. The molecule has 1 fully saturated rings. The highest BCUT2D eigenvalue weighted by Gasteiger charge is 2.22. The predicted molar refractivity (Wildman–Crippen MR) is 129 cm³/mol. The highest BCUT2D eigenvalue weighted by molar-refractivity contribution is 6.31. The summed E-state index contributed by atoms with van der Waals surface area (Å²) in [6.07, 6.45) is 2.07. The Labute approximate surface area is 194 Å². The van der Waals surface area contributed by atoms with Gasteiger partial charge in [-0.3, -0.25) is 9.69 Å². The SMILES string of the molecule is Cc1ccc(-c2cccc(CN3CCCC(NC(=O)c4ccc(Cl)cc4)C3)c2)cc1Cl. The number of piperidine rings is 1. The Morgan fingerprint density at radius 3 is 2.58 bits per heavy atom. The Bertz CT molecular complexity index is 1070. The maximum atomic E-state index is 12.6. The van der Waals surface area contributed by atoms with Crippen LogP contribution in [0.15, 0.2) is 66.7 Å². The highest BCUT2D eigenvalue weighted by atomic mass is 35.5. The third kappa shape index (κ3) is 5.68. The number of amides is 1. The Morgan fingerprint density at radius 2 is 1.81 bits per heavy atom. The lowest BCUT2D eigenvalue weighted by Crippen LogP contribution is -2.47. The largest absolute Gasteiger partial charge is 0.348 e. The van der Waals surface area contributed by atoms with E-state index in [2.05, 4.69) is 46.6 Å². The van der Waals surface area contributed by atoms with Gasteiger partial charge in [-0.1, -0.05) is 53.5 Å². The van der Waals surface area contributed by atoms with Crippen molar-refractivity contribution in [2.45, 2.75) is 32.4 Å². The molecule has 160 valence electrons. The van der Waals surface area contributed by atoms with Crippen molar-refractivity contribution in [3.8, 4) is 11.1 Å². The molecule has 0 radical (unpaired) electrons. The van der Waals surface area contributed by atoms with Crippen molar-refractivity contribution < 1.29 is 4.79 Å². The maximum Gasteiger partial charge on any atom is 0.251 e. The summed E-state index contributed by atoms with van der Waals surface area (Å²) in [6, 6.07) is 22.0. The monoisotopic (exact) mass is 452 g/mol. The first-order valence-corrected chi connectivity index (χ1v) is 11.4. The van der Waals surface area contributed by atoms with Gasteiger partial charge in [0, 0.05) is 34.7 Å². The average molecular weight is 453 g/mol. The van der Waals surface area contributed by atoms with Gasteiger partial charge in [-0.2, -0.15) is 0 Å². The van der Waals surface area contributed by atoms with Gasteiger partial charge < -0.3 is 5.32 Å². The first kappa shape index (κ1) is 21.9. The van der Waals surface area contributed by atoms with Gasteiger partial charge in [0.1, 0.15) is 0 Å². The van der Waals surface area contributed by atoms with Crippen molar-refractivity contribution >= 4 is 29.1 Å². The van der Waals surface area contributed by atoms with E-state index >= 15 is 0 Å². The zero-order valence-electron chi connectivity index (χ0n) is 17.6. The van der Waals surface area contributed by atoms with E-state index in [9.17, 15) is 4.79 Å². The fraction of sp³-hybridized carbons (Fsp3) is 0.269. The second kappa shape index (κ2) is 9.86. The van der Waals surface area contributed by atoms with Crippen LogP contribution in [-0.2, 0) is 6.54 Å². The molecule has 1 heterocycles. The number of benzene rings is 3. The molecule has 0 aliphatic carbocycles. The molecule has 1 aliphatic heterocycles. The van der Waals surface area contributed by atoms with Crippen LogP contribution in [0.2, 0.25) is 10.0 Å². The Hall–Kier alpha value is -2.33. The van der Waals surface area contributed by atoms with Crippen LogP contribution in [0.25, 0.3) is 11.1 Å². The number of carbonyl (C=O) groups is 1. The van der Waals surface area contributed by atoms with Gasteiger partial charge in [-0.15, -0.1) is 0 Å². The average Bonchev–Trinajstić information content (AvgIpc) is 2.76. The van der Waals surface area contributed by atoms with Gasteiger partial charge in [0.05, 0.1) is 0 Å². The molecular formula is C26H26Cl2N2O. The molecule has 5 heteroatoms. The highest BCUT2D eigenvalue weighted by Crippen LogP contribution is 2.26. The van der Waals surface area contributed by atoms with Crippen LogP contribution in [0.1, 0.15) is 34.3 Å². The van der Waals surface area contributed by atoms with Crippen molar-refractivity contribution in [2.24, 2.45) is 0 Å². The van der Waals surface area contributed by atoms with Gasteiger partial charge in [0.2, 0.25) is 0 Å². The lowest BCUT2D eigenvalue weighted by Gasteiger charge is -2.33. The van der Waals surface area contributed by atoms with Crippen molar-refractivity contribution in [1.82, 2.24) is 10.2 Å². The van der Waals surface area contributed by atoms with E-state index in [-0.39, 0.29) is 11.9 Å². The molecule has 3 aromatic carbocycles. The van der Waals surface area contributed by atoms with E-state index in [1.807, 2.05) is 13.0 Å². The van der Waals surface area contributed by atoms with Gasteiger partial charge in [0.25, 0.3) is 5.91 Å². The maximum absolute atomic E-state index is 12.6. The molecule has 0 spiro atoms. The number of nitrogens with zero attached hydrogens (tertiary/aromatic N) is 1. The summed E-state index contributed by atoms with van der Waals surface area (Å²) in [4.78, 5) is 15.0. The summed E-state index contributed by atoms with van der Waals surface area (Å²) in [7, 11) is 0. The third-order valence-corrected chi connectivity index (χ3v) is 6.44. The molecule has 3 aromatic rings. The summed E-state index contributed by atoms with van der Waals surface area (Å²) < 4.78 is 0. The van der Waals surface area contributed by atoms with Gasteiger partial charge in [-0.25, -0.2) is 0 Å². The molecule has 4 rings (SSSR count). The second-order valence-corrected chi connectivity index (χ2v) is 9.06. The number of halogens is 2. The van der Waals surface area contributed by atoms with Crippen molar-refractivity contribution in [3.63, 3.8) is 0 Å². The number of likely N-dealkylation sites (tertiary alicyclic amines) is 1. The van der Waals surface area contributed by atoms with Gasteiger partial charge in [0.15, 0.2) is 0 Å². The molecule has 1 atom stereocenters. The summed E-state index contributed by atoms with van der Waals surface area (Å²) in [5.41, 5.74) is 5.29. The quantitative estimate of drug-likeness (QED) is 0.487. The predicted octanol–water partition coefficient (Wildman–Crippen LogP) is 6.36. The van der Waals surface area contributed by atoms with Crippen LogP contribution < -0.4 is 5.32 Å². The smallest absolute Gasteiger partial charge is 0.251 e. The number of rotatable bonds is 5. The number of nitrogens with one attached hydrogen (secondary N) is 1. The van der Waals surface area contributed by atoms with E-state index in [1.165, 1.54) is 11.1 Å². The van der Waals surface area contributed by atoms with Crippen LogP contribution in [0.4, 0.5) is 0 Å². The lowest BCUT2D eigenvalue weighted by atomic mass is 10.0. The number of hydrogen-bond donors (Lipinski definition) is 1. The molecule has 0 bridgehead atoms. The Morgan fingerprint density at radius 1 is 1.03 bits per heavy atom. The van der Waals surface area contributed by atoms with E-state index in [1.54, 1.807) is 24.3 Å². The van der Waals surface area contributed by atoms with Crippen LogP contribution in [0.5, 0.6) is 0 Å². The van der Waals surface area contributed by atoms with E-state index in [0.29, 0.717) is 10.6 Å². The minimum atomic E-state index is -0.0400.